The van der Waals surface area contributed by atoms with E-state index in [1.807, 2.05) is 0 Å². The first-order valence-electron chi connectivity index (χ1n) is 5.31. The fraction of sp³-hybridized carbons (Fsp3) is 0. The number of rotatable bonds is 0. The summed E-state index contributed by atoms with van der Waals surface area (Å²) in [5.74, 6) is -3.62. The van der Waals surface area contributed by atoms with Crippen molar-refractivity contribution >= 4 is 11.6 Å². The van der Waals surface area contributed by atoms with Crippen molar-refractivity contribution < 1.29 is 23.1 Å². The average Bonchev–Trinajstić information content (AvgIpc) is 2.38. The molecule has 0 aliphatic heterocycles. The largest absolute Gasteiger partial charge is 0.619 e. The topological polar surface area (TPSA) is 61.1 Å². The van der Waals surface area contributed by atoms with Crippen LogP contribution in [0, 0.1) is 16.8 Å². The molecule has 3 rings (SSSR count). The normalized spacial score (nSPS) is 13.2. The number of carbonyl (C=O) groups is 2. The number of hydrogen-bond donors (Lipinski definition) is 0. The van der Waals surface area contributed by atoms with Gasteiger partial charge in [0.2, 0.25) is 5.78 Å². The van der Waals surface area contributed by atoms with Gasteiger partial charge in [-0.3, -0.25) is 9.59 Å². The van der Waals surface area contributed by atoms with E-state index in [1.165, 1.54) is 0 Å². The van der Waals surface area contributed by atoms with Crippen molar-refractivity contribution in [3.05, 3.63) is 69.7 Å². The Morgan fingerprint density at radius 3 is 2.00 bits per heavy atom. The van der Waals surface area contributed by atoms with Gasteiger partial charge in [-0.25, -0.2) is 8.78 Å². The fourth-order valence-electron chi connectivity index (χ4n) is 2.12. The summed E-state index contributed by atoms with van der Waals surface area (Å²) in [6, 6.07) is 2.69. The minimum atomic E-state index is -0.985. The number of fused-ring (bicyclic) bond motifs is 2. The average molecular weight is 261 g/mol. The molecule has 0 saturated carbocycles. The zero-order valence-corrected chi connectivity index (χ0v) is 9.31. The highest BCUT2D eigenvalue weighted by atomic mass is 19.1. The molecule has 1 aromatic carbocycles. The maximum Gasteiger partial charge on any atom is 0.203 e. The highest BCUT2D eigenvalue weighted by molar-refractivity contribution is 6.28. The molecule has 0 spiro atoms. The van der Waals surface area contributed by atoms with Gasteiger partial charge in [-0.05, 0) is 12.1 Å². The van der Waals surface area contributed by atoms with E-state index < -0.39 is 34.3 Å². The SMILES string of the molecule is O=C1c2cc[n+]([O-])cc2C(=O)c2c(F)ccc(F)c21. The lowest BCUT2D eigenvalue weighted by Gasteiger charge is -2.17. The number of pyridine rings is 1. The minimum Gasteiger partial charge on any atom is -0.619 e. The van der Waals surface area contributed by atoms with Crippen LogP contribution in [0.4, 0.5) is 8.78 Å². The van der Waals surface area contributed by atoms with Gasteiger partial charge in [0.1, 0.15) is 11.6 Å². The molecule has 94 valence electrons. The van der Waals surface area contributed by atoms with Gasteiger partial charge >= 0.3 is 0 Å². The van der Waals surface area contributed by atoms with Crippen molar-refractivity contribution in [2.75, 3.05) is 0 Å². The Balaban J connectivity index is 2.39. The maximum atomic E-state index is 13.6. The molecule has 1 aromatic heterocycles. The third-order valence-corrected chi connectivity index (χ3v) is 2.98. The molecular weight excluding hydrogens is 256 g/mol. The predicted octanol–water partition coefficient (Wildman–Crippen LogP) is 1.37. The molecule has 0 N–H and O–H groups in total. The minimum absolute atomic E-state index is 0.103. The lowest BCUT2D eigenvalue weighted by molar-refractivity contribution is -0.605. The van der Waals surface area contributed by atoms with Crippen LogP contribution in [0.5, 0.6) is 0 Å². The third-order valence-electron chi connectivity index (χ3n) is 2.98. The predicted molar refractivity (Wildman–Crippen MR) is 58.6 cm³/mol. The van der Waals surface area contributed by atoms with Crippen molar-refractivity contribution in [3.63, 3.8) is 0 Å². The van der Waals surface area contributed by atoms with Crippen LogP contribution in [0.15, 0.2) is 30.6 Å². The van der Waals surface area contributed by atoms with Gasteiger partial charge in [-0.2, -0.15) is 4.73 Å². The quantitative estimate of drug-likeness (QED) is 0.453. The van der Waals surface area contributed by atoms with Crippen LogP contribution in [0.3, 0.4) is 0 Å². The molecule has 6 heteroatoms. The second-order valence-electron chi connectivity index (χ2n) is 4.07. The molecule has 0 radical (unpaired) electrons. The van der Waals surface area contributed by atoms with Crippen molar-refractivity contribution in [3.8, 4) is 0 Å². The van der Waals surface area contributed by atoms with E-state index in [4.69, 9.17) is 0 Å². The van der Waals surface area contributed by atoms with Crippen LogP contribution in [-0.4, -0.2) is 11.6 Å². The van der Waals surface area contributed by atoms with Crippen LogP contribution >= 0.6 is 0 Å². The highest BCUT2D eigenvalue weighted by Gasteiger charge is 2.36. The van der Waals surface area contributed by atoms with Crippen LogP contribution < -0.4 is 4.73 Å². The smallest absolute Gasteiger partial charge is 0.203 e. The number of nitrogens with zero attached hydrogens (tertiary/aromatic N) is 1. The van der Waals surface area contributed by atoms with Gasteiger partial charge in [-0.1, -0.05) is 0 Å². The van der Waals surface area contributed by atoms with E-state index in [1.54, 1.807) is 0 Å². The number of ketones is 2. The van der Waals surface area contributed by atoms with E-state index in [0.717, 1.165) is 30.6 Å². The number of carbonyl (C=O) groups excluding carboxylic acids is 2. The highest BCUT2D eigenvalue weighted by Crippen LogP contribution is 2.29. The molecule has 4 nitrogen and oxygen atoms in total. The second-order valence-corrected chi connectivity index (χ2v) is 4.07. The molecule has 0 fully saturated rings. The van der Waals surface area contributed by atoms with Crippen molar-refractivity contribution in [2.45, 2.75) is 0 Å². The third kappa shape index (κ3) is 1.46. The molecule has 2 aromatic rings. The summed E-state index contributed by atoms with van der Waals surface area (Å²) < 4.78 is 27.6. The summed E-state index contributed by atoms with van der Waals surface area (Å²) in [7, 11) is 0. The lowest BCUT2D eigenvalue weighted by atomic mass is 9.84. The number of hydrogen-bond acceptors (Lipinski definition) is 3. The Morgan fingerprint density at radius 2 is 1.42 bits per heavy atom. The monoisotopic (exact) mass is 261 g/mol. The van der Waals surface area contributed by atoms with E-state index in [9.17, 15) is 23.6 Å². The van der Waals surface area contributed by atoms with Crippen LogP contribution in [0.1, 0.15) is 31.8 Å². The van der Waals surface area contributed by atoms with Crippen LogP contribution in [0.2, 0.25) is 0 Å². The lowest BCUT2D eigenvalue weighted by Crippen LogP contribution is -2.31. The van der Waals surface area contributed by atoms with Crippen molar-refractivity contribution in [1.82, 2.24) is 0 Å². The van der Waals surface area contributed by atoms with E-state index in [0.29, 0.717) is 4.73 Å². The summed E-state index contributed by atoms with van der Waals surface area (Å²) in [5, 5.41) is 11.1. The second kappa shape index (κ2) is 3.68. The molecule has 1 aliphatic rings. The Kier molecular flexibility index (Phi) is 2.22. The van der Waals surface area contributed by atoms with E-state index in [-0.39, 0.29) is 11.1 Å². The first kappa shape index (κ1) is 11.5. The molecule has 0 bridgehead atoms. The van der Waals surface area contributed by atoms with Gasteiger partial charge in [0.25, 0.3) is 0 Å². The van der Waals surface area contributed by atoms with Crippen LogP contribution in [-0.2, 0) is 0 Å². The van der Waals surface area contributed by atoms with Crippen molar-refractivity contribution in [1.29, 1.82) is 0 Å². The zero-order chi connectivity index (χ0) is 13.7. The molecule has 1 aliphatic carbocycles. The molecular formula is C13H5F2NO3. The Hall–Kier alpha value is -2.63. The summed E-state index contributed by atoms with van der Waals surface area (Å²) in [5.41, 5.74) is -1.53. The number of aromatic nitrogens is 1. The van der Waals surface area contributed by atoms with Crippen molar-refractivity contribution in [2.24, 2.45) is 0 Å². The van der Waals surface area contributed by atoms with E-state index in [2.05, 4.69) is 0 Å². The summed E-state index contributed by atoms with van der Waals surface area (Å²) >= 11 is 0. The molecule has 0 saturated heterocycles. The molecule has 0 amide bonds. The molecule has 0 atom stereocenters. The zero-order valence-electron chi connectivity index (χ0n) is 9.31. The van der Waals surface area contributed by atoms with Crippen LogP contribution in [0.25, 0.3) is 0 Å². The van der Waals surface area contributed by atoms with Gasteiger partial charge in [0.05, 0.1) is 16.7 Å². The first-order chi connectivity index (χ1) is 9.00. The Bertz CT molecular complexity index is 756. The van der Waals surface area contributed by atoms with Gasteiger partial charge in [0.15, 0.2) is 18.2 Å². The molecule has 19 heavy (non-hydrogen) atoms. The molecule has 0 unspecified atom stereocenters. The summed E-state index contributed by atoms with van der Waals surface area (Å²) in [4.78, 5) is 24.1. The Morgan fingerprint density at radius 1 is 0.895 bits per heavy atom. The summed E-state index contributed by atoms with van der Waals surface area (Å²) in [6.45, 7) is 0. The van der Waals surface area contributed by atoms with Gasteiger partial charge in [-0.15, -0.1) is 0 Å². The maximum absolute atomic E-state index is 13.6. The van der Waals surface area contributed by atoms with E-state index >= 15 is 0 Å². The van der Waals surface area contributed by atoms with Gasteiger partial charge in [0, 0.05) is 11.6 Å². The Labute approximate surface area is 105 Å². The molecule has 1 heterocycles. The standard InChI is InChI=1S/C13H5F2NO3/c14-8-1-2-9(15)11-10(8)12(17)6-3-4-16(19)5-7(6)13(11)18/h1-5H. The fourth-order valence-corrected chi connectivity index (χ4v) is 2.12. The first-order valence-corrected chi connectivity index (χ1v) is 5.31. The van der Waals surface area contributed by atoms with Gasteiger partial charge < -0.3 is 5.21 Å². The summed E-state index contributed by atoms with van der Waals surface area (Å²) in [6.07, 6.45) is 1.90. The number of halogens is 2. The number of benzene rings is 1.